The summed E-state index contributed by atoms with van der Waals surface area (Å²) in [4.78, 5) is 16.8. The van der Waals surface area contributed by atoms with Crippen LogP contribution in [0.25, 0.3) is 10.9 Å². The van der Waals surface area contributed by atoms with E-state index in [-0.39, 0.29) is 11.7 Å². The Morgan fingerprint density at radius 1 is 1.25 bits per heavy atom. The fraction of sp³-hybridized carbons (Fsp3) is 0.294. The first kappa shape index (κ1) is 16.4. The largest absolute Gasteiger partial charge is 0.306 e. The van der Waals surface area contributed by atoms with Gasteiger partial charge in [-0.05, 0) is 48.7 Å². The van der Waals surface area contributed by atoms with E-state index < -0.39 is 0 Å². The normalized spacial score (nSPS) is 11.0. The summed E-state index contributed by atoms with van der Waals surface area (Å²) in [5.41, 5.74) is 3.82. The Morgan fingerprint density at radius 3 is 2.79 bits per heavy atom. The van der Waals surface area contributed by atoms with Gasteiger partial charge in [0.1, 0.15) is 10.7 Å². The molecule has 1 amide bonds. The summed E-state index contributed by atoms with van der Waals surface area (Å²) in [7, 11) is 0. The van der Waals surface area contributed by atoms with Crippen LogP contribution in [0, 0.1) is 13.8 Å². The number of benzene rings is 1. The third-order valence-electron chi connectivity index (χ3n) is 3.64. The van der Waals surface area contributed by atoms with E-state index in [0.717, 1.165) is 27.9 Å². The van der Waals surface area contributed by atoms with Crippen molar-refractivity contribution in [1.29, 1.82) is 0 Å². The van der Waals surface area contributed by atoms with Gasteiger partial charge in [-0.2, -0.15) is 0 Å². The summed E-state index contributed by atoms with van der Waals surface area (Å²) >= 11 is 1.43. The van der Waals surface area contributed by atoms with Crippen molar-refractivity contribution in [3.63, 3.8) is 0 Å². The van der Waals surface area contributed by atoms with Gasteiger partial charge in [0.05, 0.1) is 11.3 Å². The maximum atomic E-state index is 12.1. The number of thioether (sulfide) groups is 1. The Bertz CT molecular complexity index is 891. The molecule has 2 aromatic heterocycles. The minimum absolute atomic E-state index is 0.160. The fourth-order valence-corrected chi connectivity index (χ4v) is 3.22. The number of nitrogens with one attached hydrogen (secondary N) is 1. The lowest BCUT2D eigenvalue weighted by atomic mass is 10.1. The quantitative estimate of drug-likeness (QED) is 0.715. The number of anilines is 1. The van der Waals surface area contributed by atoms with Gasteiger partial charge in [-0.25, -0.2) is 9.61 Å². The van der Waals surface area contributed by atoms with Crippen molar-refractivity contribution < 1.29 is 9.42 Å². The molecule has 0 aliphatic rings. The van der Waals surface area contributed by atoms with Gasteiger partial charge in [-0.15, -0.1) is 0 Å². The van der Waals surface area contributed by atoms with Gasteiger partial charge < -0.3 is 5.32 Å². The molecule has 7 heteroatoms. The van der Waals surface area contributed by atoms with Gasteiger partial charge in [-0.1, -0.05) is 36.0 Å². The van der Waals surface area contributed by atoms with Gasteiger partial charge in [-0.3, -0.25) is 4.79 Å². The monoisotopic (exact) mass is 342 g/mol. The highest BCUT2D eigenvalue weighted by molar-refractivity contribution is 8.00. The lowest BCUT2D eigenvalue weighted by molar-refractivity contribution is -0.113. The number of pyridine rings is 1. The zero-order chi connectivity index (χ0) is 17.1. The highest BCUT2D eigenvalue weighted by atomic mass is 32.2. The van der Waals surface area contributed by atoms with Crippen LogP contribution in [0.4, 0.5) is 5.82 Å². The number of aryl methyl sites for hydroxylation is 3. The molecule has 0 aliphatic heterocycles. The van der Waals surface area contributed by atoms with Crippen molar-refractivity contribution in [2.24, 2.45) is 0 Å². The smallest absolute Gasteiger partial charge is 0.236 e. The molecule has 1 aromatic carbocycles. The molecule has 0 saturated carbocycles. The van der Waals surface area contributed by atoms with Crippen molar-refractivity contribution in [3.8, 4) is 0 Å². The Labute approximate surface area is 144 Å². The van der Waals surface area contributed by atoms with Crippen molar-refractivity contribution in [1.82, 2.24) is 15.3 Å². The number of carbonyl (C=O) groups excluding carboxylic acids is 1. The molecular weight excluding hydrogens is 324 g/mol. The third-order valence-corrected chi connectivity index (χ3v) is 4.68. The number of amides is 1. The predicted octanol–water partition coefficient (Wildman–Crippen LogP) is 3.53. The zero-order valence-electron chi connectivity index (χ0n) is 13.8. The van der Waals surface area contributed by atoms with Gasteiger partial charge in [0.15, 0.2) is 5.82 Å². The number of hydrogen-bond acceptors (Lipinski definition) is 6. The molecule has 0 bridgehead atoms. The average Bonchev–Trinajstić information content (AvgIpc) is 2.96. The first-order valence-corrected chi connectivity index (χ1v) is 8.67. The minimum Gasteiger partial charge on any atom is -0.306 e. The maximum absolute atomic E-state index is 12.1. The SMILES string of the molecule is CCc1cc2ccc(C)cc2nc1SCC(=O)Nc1nonc1C. The van der Waals surface area contributed by atoms with E-state index in [1.807, 2.05) is 6.92 Å². The molecular formula is C17H18N4O2S. The molecule has 0 radical (unpaired) electrons. The van der Waals surface area contributed by atoms with Crippen molar-refractivity contribution in [2.75, 3.05) is 11.1 Å². The highest BCUT2D eigenvalue weighted by Gasteiger charge is 2.12. The molecule has 6 nitrogen and oxygen atoms in total. The zero-order valence-corrected chi connectivity index (χ0v) is 14.6. The van der Waals surface area contributed by atoms with Gasteiger partial charge in [0.2, 0.25) is 5.91 Å². The lowest BCUT2D eigenvalue weighted by Crippen LogP contribution is -2.15. The average molecular weight is 342 g/mol. The van der Waals surface area contributed by atoms with Crippen LogP contribution in [0.1, 0.15) is 23.7 Å². The van der Waals surface area contributed by atoms with E-state index in [1.165, 1.54) is 17.3 Å². The molecule has 3 rings (SSSR count). The first-order chi connectivity index (χ1) is 11.6. The fourth-order valence-electron chi connectivity index (χ4n) is 2.33. The maximum Gasteiger partial charge on any atom is 0.236 e. The number of aromatic nitrogens is 3. The molecule has 0 spiro atoms. The minimum atomic E-state index is -0.160. The van der Waals surface area contributed by atoms with Crippen LogP contribution in [-0.2, 0) is 11.2 Å². The number of carbonyl (C=O) groups is 1. The summed E-state index contributed by atoms with van der Waals surface area (Å²) in [5.74, 6) is 0.453. The van der Waals surface area contributed by atoms with Crippen LogP contribution in [0.3, 0.4) is 0 Å². The van der Waals surface area contributed by atoms with Crippen molar-refractivity contribution >= 4 is 34.4 Å². The van der Waals surface area contributed by atoms with Crippen LogP contribution >= 0.6 is 11.8 Å². The Kier molecular flexibility index (Phi) is 4.80. The third kappa shape index (κ3) is 3.56. The van der Waals surface area contributed by atoms with E-state index in [4.69, 9.17) is 4.98 Å². The Morgan fingerprint density at radius 2 is 2.08 bits per heavy atom. The molecule has 0 saturated heterocycles. The second-order valence-corrected chi connectivity index (χ2v) is 6.50. The molecule has 0 aliphatic carbocycles. The summed E-state index contributed by atoms with van der Waals surface area (Å²) in [5, 5.41) is 12.0. The second-order valence-electron chi connectivity index (χ2n) is 5.54. The standard InChI is InChI=1S/C17H18N4O2S/c1-4-12-8-13-6-5-10(2)7-14(13)18-17(12)24-9-15(22)19-16-11(3)20-23-21-16/h5-8H,4,9H2,1-3H3,(H,19,21,22). The summed E-state index contributed by atoms with van der Waals surface area (Å²) < 4.78 is 4.57. The van der Waals surface area contributed by atoms with Crippen molar-refractivity contribution in [2.45, 2.75) is 32.2 Å². The molecule has 3 aromatic rings. The summed E-state index contributed by atoms with van der Waals surface area (Å²) in [6.45, 7) is 5.86. The molecule has 24 heavy (non-hydrogen) atoms. The molecule has 0 unspecified atom stereocenters. The summed E-state index contributed by atoms with van der Waals surface area (Å²) in [6, 6.07) is 8.37. The van der Waals surface area contributed by atoms with Crippen LogP contribution < -0.4 is 5.32 Å². The molecule has 1 N–H and O–H groups in total. The van der Waals surface area contributed by atoms with Crippen LogP contribution in [0.2, 0.25) is 0 Å². The summed E-state index contributed by atoms with van der Waals surface area (Å²) in [6.07, 6.45) is 0.868. The predicted molar refractivity (Wildman–Crippen MR) is 94.2 cm³/mol. The van der Waals surface area contributed by atoms with Crippen LogP contribution in [0.15, 0.2) is 33.9 Å². The number of rotatable bonds is 5. The van der Waals surface area contributed by atoms with Crippen molar-refractivity contribution in [3.05, 3.63) is 41.1 Å². The number of nitrogens with zero attached hydrogens (tertiary/aromatic N) is 3. The molecule has 0 fully saturated rings. The van der Waals surface area contributed by atoms with E-state index in [9.17, 15) is 4.79 Å². The number of fused-ring (bicyclic) bond motifs is 1. The van der Waals surface area contributed by atoms with Gasteiger partial charge in [0, 0.05) is 5.39 Å². The Balaban J connectivity index is 1.76. The van der Waals surface area contributed by atoms with E-state index in [1.54, 1.807) is 6.92 Å². The van der Waals surface area contributed by atoms with Crippen LogP contribution in [-0.4, -0.2) is 27.0 Å². The van der Waals surface area contributed by atoms with Crippen LogP contribution in [0.5, 0.6) is 0 Å². The molecule has 124 valence electrons. The lowest BCUT2D eigenvalue weighted by Gasteiger charge is -2.09. The van der Waals surface area contributed by atoms with E-state index in [2.05, 4.69) is 51.4 Å². The number of hydrogen-bond donors (Lipinski definition) is 1. The molecule has 2 heterocycles. The van der Waals surface area contributed by atoms with Gasteiger partial charge >= 0.3 is 0 Å². The first-order valence-electron chi connectivity index (χ1n) is 7.69. The highest BCUT2D eigenvalue weighted by Crippen LogP contribution is 2.26. The second kappa shape index (κ2) is 7.00. The van der Waals surface area contributed by atoms with E-state index in [0.29, 0.717) is 11.5 Å². The van der Waals surface area contributed by atoms with Gasteiger partial charge in [0.25, 0.3) is 0 Å². The Hall–Kier alpha value is -2.41. The van der Waals surface area contributed by atoms with E-state index >= 15 is 0 Å². The molecule has 0 atom stereocenters. The topological polar surface area (TPSA) is 80.9 Å².